The van der Waals surface area contributed by atoms with Crippen LogP contribution in [0, 0.1) is 0 Å². The van der Waals surface area contributed by atoms with Gasteiger partial charge in [-0.2, -0.15) is 0 Å². The van der Waals surface area contributed by atoms with E-state index in [4.69, 9.17) is 14.4 Å². The van der Waals surface area contributed by atoms with Crippen molar-refractivity contribution in [3.8, 4) is 0 Å². The van der Waals surface area contributed by atoms with Crippen molar-refractivity contribution in [1.29, 1.82) is 0 Å². The van der Waals surface area contributed by atoms with Crippen molar-refractivity contribution in [1.82, 2.24) is 4.98 Å². The first kappa shape index (κ1) is 16.6. The van der Waals surface area contributed by atoms with Crippen LogP contribution in [-0.2, 0) is 9.31 Å². The van der Waals surface area contributed by atoms with Gasteiger partial charge in [-0.3, -0.25) is 0 Å². The van der Waals surface area contributed by atoms with Gasteiger partial charge in [0.2, 0.25) is 0 Å². The lowest BCUT2D eigenvalue weighted by Gasteiger charge is -2.32. The zero-order valence-electron chi connectivity index (χ0n) is 13.6. The van der Waals surface area contributed by atoms with Gasteiger partial charge in [-0.15, -0.1) is 11.3 Å². The van der Waals surface area contributed by atoms with Crippen molar-refractivity contribution in [2.75, 3.05) is 0 Å². The zero-order chi connectivity index (χ0) is 17.0. The second kappa shape index (κ2) is 5.39. The van der Waals surface area contributed by atoms with Gasteiger partial charge in [0.1, 0.15) is 5.73 Å². The Bertz CT molecular complexity index is 661. The summed E-state index contributed by atoms with van der Waals surface area (Å²) in [7, 11) is -0.957. The van der Waals surface area contributed by atoms with Gasteiger partial charge in [0.15, 0.2) is 5.69 Å². The molecule has 3 rings (SSSR count). The van der Waals surface area contributed by atoms with E-state index in [2.05, 4.69) is 4.98 Å². The molecule has 0 spiro atoms. The van der Waals surface area contributed by atoms with E-state index in [-0.39, 0.29) is 17.3 Å². The molecule has 0 amide bonds. The van der Waals surface area contributed by atoms with Crippen LogP contribution in [0.4, 0.5) is 4.39 Å². The number of carbonyl (C=O) groups is 1. The Kier molecular flexibility index (Phi) is 3.89. The number of halogens is 1. The Balaban J connectivity index is 1.68. The Labute approximate surface area is 138 Å². The summed E-state index contributed by atoms with van der Waals surface area (Å²) in [5, 5.41) is 11.2. The normalized spacial score (nSPS) is 25.3. The molecule has 0 unspecified atom stereocenters. The molecule has 23 heavy (non-hydrogen) atoms. The molecule has 2 heterocycles. The van der Waals surface area contributed by atoms with E-state index in [0.29, 0.717) is 18.4 Å². The maximum atomic E-state index is 14.6. The smallest absolute Gasteiger partial charge is 0.476 e. The minimum absolute atomic E-state index is 0.0499. The molecule has 0 atom stereocenters. The summed E-state index contributed by atoms with van der Waals surface area (Å²) in [6, 6.07) is 0. The summed E-state index contributed by atoms with van der Waals surface area (Å²) in [6.45, 7) is 7.55. The van der Waals surface area contributed by atoms with Gasteiger partial charge in [-0.05, 0) is 46.1 Å². The second-order valence-corrected chi connectivity index (χ2v) is 7.91. The van der Waals surface area contributed by atoms with Crippen LogP contribution in [0.15, 0.2) is 16.7 Å². The summed E-state index contributed by atoms with van der Waals surface area (Å²) in [5.74, 6) is -0.956. The molecule has 1 saturated carbocycles. The van der Waals surface area contributed by atoms with E-state index >= 15 is 0 Å². The van der Waals surface area contributed by atoms with E-state index in [1.54, 1.807) is 0 Å². The molecule has 2 fully saturated rings. The molecule has 0 radical (unpaired) electrons. The van der Waals surface area contributed by atoms with Crippen LogP contribution in [0.3, 0.4) is 0 Å². The van der Waals surface area contributed by atoms with Crippen LogP contribution >= 0.6 is 11.3 Å². The number of carboxylic acid groups (broad SMARTS) is 1. The number of hydrogen-bond donors (Lipinski definition) is 1. The summed E-state index contributed by atoms with van der Waals surface area (Å²) < 4.78 is 26.0. The largest absolute Gasteiger partial charge is 0.525 e. The monoisotopic (exact) mass is 339 g/mol. The molecule has 124 valence electrons. The third-order valence-electron chi connectivity index (χ3n) is 4.87. The highest BCUT2D eigenvalue weighted by atomic mass is 32.1. The van der Waals surface area contributed by atoms with Crippen LogP contribution in [0.25, 0.3) is 0 Å². The summed E-state index contributed by atoms with van der Waals surface area (Å²) >= 11 is 1.31. The maximum absolute atomic E-state index is 14.6. The SMILES string of the molecule is CC1(C)OB(C(F)=C2CC(c3nc(C(=O)O)cs3)C2)OC1(C)C. The maximum Gasteiger partial charge on any atom is 0.525 e. The molecule has 2 aliphatic rings. The molecule has 1 aliphatic carbocycles. The number of nitrogens with zero attached hydrogens (tertiary/aromatic N) is 1. The number of aromatic carboxylic acids is 1. The van der Waals surface area contributed by atoms with E-state index in [1.807, 2.05) is 27.7 Å². The van der Waals surface area contributed by atoms with Crippen LogP contribution in [0.5, 0.6) is 0 Å². The molecule has 8 heteroatoms. The molecular weight excluding hydrogens is 320 g/mol. The summed E-state index contributed by atoms with van der Waals surface area (Å²) in [5.41, 5.74) is -0.765. The van der Waals surface area contributed by atoms with Crippen LogP contribution in [-0.4, -0.2) is 34.4 Å². The highest BCUT2D eigenvalue weighted by molar-refractivity contribution is 7.09. The number of aromatic nitrogens is 1. The lowest BCUT2D eigenvalue weighted by atomic mass is 9.72. The number of carboxylic acids is 1. The van der Waals surface area contributed by atoms with Crippen molar-refractivity contribution in [3.63, 3.8) is 0 Å². The fourth-order valence-corrected chi connectivity index (χ4v) is 3.49. The van der Waals surface area contributed by atoms with Gasteiger partial charge < -0.3 is 14.4 Å². The number of thiazole rings is 1. The van der Waals surface area contributed by atoms with E-state index in [9.17, 15) is 9.18 Å². The lowest BCUT2D eigenvalue weighted by Crippen LogP contribution is -2.41. The van der Waals surface area contributed by atoms with Crippen molar-refractivity contribution in [3.05, 3.63) is 27.4 Å². The molecule has 0 bridgehead atoms. The van der Waals surface area contributed by atoms with Gasteiger partial charge in [-0.1, -0.05) is 0 Å². The third kappa shape index (κ3) is 2.83. The minimum Gasteiger partial charge on any atom is -0.476 e. The molecule has 1 aliphatic heterocycles. The standard InChI is InChI=1S/C15H19BFNO4S/c1-14(2)15(3,4)22-16(21-14)11(17)8-5-9(6-8)12-18-10(7-23-12)13(19)20/h7,9H,5-6H2,1-4H3,(H,19,20). The molecule has 1 aromatic heterocycles. The van der Waals surface area contributed by atoms with E-state index < -0.39 is 24.3 Å². The van der Waals surface area contributed by atoms with Crippen molar-refractivity contribution < 1.29 is 23.6 Å². The molecule has 1 saturated heterocycles. The van der Waals surface area contributed by atoms with E-state index in [1.165, 1.54) is 16.7 Å². The van der Waals surface area contributed by atoms with Crippen LogP contribution in [0.1, 0.15) is 62.0 Å². The Hall–Kier alpha value is -1.25. The molecule has 1 aromatic rings. The first-order chi connectivity index (χ1) is 10.6. The topological polar surface area (TPSA) is 68.7 Å². The molecule has 5 nitrogen and oxygen atoms in total. The van der Waals surface area contributed by atoms with Crippen LogP contribution < -0.4 is 0 Å². The first-order valence-corrected chi connectivity index (χ1v) is 8.40. The van der Waals surface area contributed by atoms with Gasteiger partial charge in [-0.25, -0.2) is 14.2 Å². The molecule has 1 N–H and O–H groups in total. The average Bonchev–Trinajstić information content (AvgIpc) is 2.91. The van der Waals surface area contributed by atoms with E-state index in [0.717, 1.165) is 5.01 Å². The molecule has 0 aromatic carbocycles. The molecular formula is C15H19BFNO4S. The van der Waals surface area contributed by atoms with Crippen molar-refractivity contribution in [2.45, 2.75) is 57.7 Å². The predicted octanol–water partition coefficient (Wildman–Crippen LogP) is 3.57. The summed E-state index contributed by atoms with van der Waals surface area (Å²) in [4.78, 5) is 14.9. The highest BCUT2D eigenvalue weighted by Gasteiger charge is 2.54. The zero-order valence-corrected chi connectivity index (χ0v) is 14.4. The average molecular weight is 339 g/mol. The van der Waals surface area contributed by atoms with Crippen LogP contribution in [0.2, 0.25) is 0 Å². The van der Waals surface area contributed by atoms with Gasteiger partial charge in [0.25, 0.3) is 0 Å². The van der Waals surface area contributed by atoms with Gasteiger partial charge >= 0.3 is 13.1 Å². The Morgan fingerprint density at radius 2 is 1.91 bits per heavy atom. The fourth-order valence-electron chi connectivity index (χ4n) is 2.59. The minimum atomic E-state index is -1.04. The number of hydrogen-bond acceptors (Lipinski definition) is 5. The predicted molar refractivity (Wildman–Crippen MR) is 85.3 cm³/mol. The quantitative estimate of drug-likeness (QED) is 0.853. The van der Waals surface area contributed by atoms with Crippen molar-refractivity contribution in [2.24, 2.45) is 0 Å². The second-order valence-electron chi connectivity index (χ2n) is 7.02. The van der Waals surface area contributed by atoms with Crippen molar-refractivity contribution >= 4 is 24.4 Å². The number of allylic oxidation sites excluding steroid dienone is 1. The van der Waals surface area contributed by atoms with Gasteiger partial charge in [0, 0.05) is 11.3 Å². The summed E-state index contributed by atoms with van der Waals surface area (Å²) in [6.07, 6.45) is 1.06. The Morgan fingerprint density at radius 1 is 1.35 bits per heavy atom. The highest BCUT2D eigenvalue weighted by Crippen LogP contribution is 2.46. The Morgan fingerprint density at radius 3 is 2.39 bits per heavy atom. The third-order valence-corrected chi connectivity index (χ3v) is 5.88. The number of rotatable bonds is 3. The lowest BCUT2D eigenvalue weighted by molar-refractivity contribution is 0.00578. The van der Waals surface area contributed by atoms with Gasteiger partial charge in [0.05, 0.1) is 16.2 Å². The first-order valence-electron chi connectivity index (χ1n) is 7.52. The fraction of sp³-hybridized carbons (Fsp3) is 0.600.